The number of benzene rings is 1. The Morgan fingerprint density at radius 3 is 2.59 bits per heavy atom. The van der Waals surface area contributed by atoms with Crippen LogP contribution in [0, 0.1) is 18.7 Å². The van der Waals surface area contributed by atoms with Crippen LogP contribution in [0.5, 0.6) is 0 Å². The van der Waals surface area contributed by atoms with Crippen molar-refractivity contribution < 1.29 is 23.7 Å². The van der Waals surface area contributed by atoms with E-state index in [2.05, 4.69) is 13.8 Å². The van der Waals surface area contributed by atoms with E-state index in [1.165, 1.54) is 6.07 Å². The van der Waals surface area contributed by atoms with Crippen molar-refractivity contribution in [3.63, 3.8) is 0 Å². The molecule has 8 nitrogen and oxygen atoms in total. The van der Waals surface area contributed by atoms with Gasteiger partial charge in [0.25, 0.3) is 0 Å². The monoisotopic (exact) mass is 506 g/mol. The number of aromatic nitrogens is 3. The molecular formula is C28H33FN5O3+. The van der Waals surface area contributed by atoms with Gasteiger partial charge >= 0.3 is 11.6 Å². The molecule has 194 valence electrons. The normalized spacial score (nSPS) is 27.0. The van der Waals surface area contributed by atoms with Crippen molar-refractivity contribution in [3.8, 4) is 11.3 Å². The summed E-state index contributed by atoms with van der Waals surface area (Å²) in [5, 5.41) is 15.0. The average molecular weight is 507 g/mol. The highest BCUT2D eigenvalue weighted by molar-refractivity contribution is 5.93. The van der Waals surface area contributed by atoms with Crippen molar-refractivity contribution in [3.05, 3.63) is 53.1 Å². The number of hydrogen-bond acceptors (Lipinski definition) is 4. The topological polar surface area (TPSA) is 82.0 Å². The van der Waals surface area contributed by atoms with E-state index in [0.717, 1.165) is 16.8 Å². The molecule has 1 unspecified atom stereocenters. The van der Waals surface area contributed by atoms with Gasteiger partial charge in [0.2, 0.25) is 17.3 Å². The van der Waals surface area contributed by atoms with Gasteiger partial charge in [-0.1, -0.05) is 23.5 Å². The molecule has 2 aromatic heterocycles. The third-order valence-corrected chi connectivity index (χ3v) is 8.40. The Bertz CT molecular complexity index is 1470. The molecule has 1 N–H and O–H groups in total. The number of rotatable bonds is 3. The zero-order valence-electron chi connectivity index (χ0n) is 22.0. The summed E-state index contributed by atoms with van der Waals surface area (Å²) in [6.45, 7) is 11.0. The van der Waals surface area contributed by atoms with Crippen LogP contribution in [0.2, 0.25) is 0 Å². The first-order valence-corrected chi connectivity index (χ1v) is 13.0. The van der Waals surface area contributed by atoms with Crippen LogP contribution in [0.1, 0.15) is 68.1 Å². The summed E-state index contributed by atoms with van der Waals surface area (Å²) < 4.78 is 17.7. The summed E-state index contributed by atoms with van der Waals surface area (Å²) in [4.78, 5) is 30.6. The number of piperazine rings is 1. The second kappa shape index (κ2) is 7.84. The zero-order valence-corrected chi connectivity index (χ0v) is 22.0. The minimum Gasteiger partial charge on any atom is -0.390 e. The summed E-state index contributed by atoms with van der Waals surface area (Å²) in [6, 6.07) is 6.99. The Balaban J connectivity index is 1.45. The van der Waals surface area contributed by atoms with Crippen molar-refractivity contribution in [2.45, 2.75) is 64.6 Å². The van der Waals surface area contributed by atoms with Crippen LogP contribution < -0.4 is 4.57 Å². The molecule has 2 amide bonds. The van der Waals surface area contributed by atoms with Crippen LogP contribution in [0.4, 0.5) is 4.39 Å². The number of nitrogens with zero attached hydrogens (tertiary/aromatic N) is 5. The van der Waals surface area contributed by atoms with Crippen LogP contribution >= 0.6 is 0 Å². The Morgan fingerprint density at radius 1 is 1.22 bits per heavy atom. The maximum Gasteiger partial charge on any atom is 0.313 e. The first-order valence-electron chi connectivity index (χ1n) is 13.0. The zero-order chi connectivity index (χ0) is 26.4. The van der Waals surface area contributed by atoms with Crippen molar-refractivity contribution >= 4 is 17.5 Å². The largest absolute Gasteiger partial charge is 0.390 e. The first-order chi connectivity index (χ1) is 17.4. The number of carbonyl (C=O) groups excluding carboxylic acids is 2. The van der Waals surface area contributed by atoms with E-state index in [1.54, 1.807) is 36.7 Å². The minimum absolute atomic E-state index is 0.0496. The third kappa shape index (κ3) is 3.50. The standard InChI is InChI=1S/C28H33FN5O3/c1-16(2)20-11-22(18-6-7-21(29)17(3)10-18)30-33-14-23-26(36)32-9-8-31(15-28(32,5)34(23)24(20)33)25(35)19-12-27(4,37)13-19/h6-7,10-11,14,16,19,37H,8-9,12-13,15H2,1-5H3/q+1. The smallest absolute Gasteiger partial charge is 0.313 e. The molecule has 0 radical (unpaired) electrons. The average Bonchev–Trinajstić information content (AvgIpc) is 3.31. The number of imidazole rings is 1. The van der Waals surface area contributed by atoms with Crippen molar-refractivity contribution in [2.75, 3.05) is 19.6 Å². The van der Waals surface area contributed by atoms with Gasteiger partial charge < -0.3 is 10.0 Å². The van der Waals surface area contributed by atoms with Gasteiger partial charge in [0.15, 0.2) is 6.20 Å². The molecule has 1 aliphatic carbocycles. The Labute approximate surface area is 215 Å². The lowest BCUT2D eigenvalue weighted by Gasteiger charge is -2.46. The van der Waals surface area contributed by atoms with E-state index in [4.69, 9.17) is 5.10 Å². The molecule has 2 fully saturated rings. The predicted molar refractivity (Wildman–Crippen MR) is 134 cm³/mol. The maximum atomic E-state index is 13.9. The molecule has 0 bridgehead atoms. The first kappa shape index (κ1) is 24.0. The Kier molecular flexibility index (Phi) is 5.09. The SMILES string of the molecule is Cc1cc(-c2cc(C(C)C)c3n(cc4[n+]3C3(C)CN(C(=O)C5CC(C)(O)C5)CCN3C4=O)n2)ccc1F. The number of aryl methyl sites for hydroxylation is 1. The van der Waals surface area contributed by atoms with Gasteiger partial charge in [-0.2, -0.15) is 4.57 Å². The summed E-state index contributed by atoms with van der Waals surface area (Å²) in [7, 11) is 0. The van der Waals surface area contributed by atoms with Gasteiger partial charge in [-0.15, -0.1) is 0 Å². The van der Waals surface area contributed by atoms with Crippen LogP contribution in [0.25, 0.3) is 16.9 Å². The number of fused-ring (bicyclic) bond motifs is 5. The second-order valence-corrected chi connectivity index (χ2v) is 11.8. The number of aliphatic hydroxyl groups is 1. The molecule has 1 aromatic carbocycles. The fraction of sp³-hybridized carbons (Fsp3) is 0.500. The van der Waals surface area contributed by atoms with Gasteiger partial charge in [0.1, 0.15) is 11.5 Å². The molecule has 37 heavy (non-hydrogen) atoms. The lowest BCUT2D eigenvalue weighted by atomic mass is 9.71. The van der Waals surface area contributed by atoms with E-state index < -0.39 is 11.3 Å². The predicted octanol–water partition coefficient (Wildman–Crippen LogP) is 2.99. The van der Waals surface area contributed by atoms with Gasteiger partial charge in [-0.05, 0) is 62.4 Å². The van der Waals surface area contributed by atoms with Crippen LogP contribution in [0.15, 0.2) is 30.5 Å². The Hall–Kier alpha value is -3.33. The summed E-state index contributed by atoms with van der Waals surface area (Å²) >= 11 is 0. The quantitative estimate of drug-likeness (QED) is 0.554. The molecule has 3 aromatic rings. The molecule has 1 atom stereocenters. The van der Waals surface area contributed by atoms with Gasteiger partial charge in [-0.25, -0.2) is 4.39 Å². The summed E-state index contributed by atoms with van der Waals surface area (Å²) in [6.07, 6.45) is 2.73. The molecule has 2 aliphatic heterocycles. The molecule has 6 rings (SSSR count). The molecule has 3 aliphatic rings. The van der Waals surface area contributed by atoms with E-state index in [0.29, 0.717) is 49.4 Å². The molecule has 9 heteroatoms. The number of hydrogen-bond donors (Lipinski definition) is 1. The molecular weight excluding hydrogens is 473 g/mol. The number of amides is 2. The van der Waals surface area contributed by atoms with Crippen LogP contribution in [-0.2, 0) is 10.5 Å². The molecule has 0 spiro atoms. The van der Waals surface area contributed by atoms with Crippen molar-refractivity contribution in [1.29, 1.82) is 0 Å². The van der Waals surface area contributed by atoms with Gasteiger partial charge in [0.05, 0.1) is 12.1 Å². The lowest BCUT2D eigenvalue weighted by molar-refractivity contribution is -0.749. The van der Waals surface area contributed by atoms with E-state index >= 15 is 0 Å². The van der Waals surface area contributed by atoms with Crippen LogP contribution in [-0.4, -0.2) is 61.6 Å². The minimum atomic E-state index is -0.769. The maximum absolute atomic E-state index is 13.9. The molecule has 1 saturated heterocycles. The molecule has 1 saturated carbocycles. The highest BCUT2D eigenvalue weighted by Crippen LogP contribution is 2.40. The molecule has 4 heterocycles. The fourth-order valence-corrected chi connectivity index (χ4v) is 6.41. The van der Waals surface area contributed by atoms with Crippen LogP contribution in [0.3, 0.4) is 0 Å². The lowest BCUT2D eigenvalue weighted by Crippen LogP contribution is -2.70. The number of carbonyl (C=O) groups is 2. The highest BCUT2D eigenvalue weighted by Gasteiger charge is 2.58. The van der Waals surface area contributed by atoms with E-state index in [1.807, 2.05) is 27.4 Å². The van der Waals surface area contributed by atoms with E-state index in [9.17, 15) is 19.1 Å². The fourth-order valence-electron chi connectivity index (χ4n) is 6.41. The second-order valence-electron chi connectivity index (χ2n) is 11.8. The van der Waals surface area contributed by atoms with Crippen molar-refractivity contribution in [1.82, 2.24) is 19.4 Å². The van der Waals surface area contributed by atoms with Gasteiger partial charge in [0, 0.05) is 37.1 Å². The third-order valence-electron chi connectivity index (χ3n) is 8.40. The Morgan fingerprint density at radius 2 is 1.95 bits per heavy atom. The van der Waals surface area contributed by atoms with Gasteiger partial charge in [-0.3, -0.25) is 14.5 Å². The van der Waals surface area contributed by atoms with E-state index in [-0.39, 0.29) is 29.5 Å². The summed E-state index contributed by atoms with van der Waals surface area (Å²) in [5.74, 6) is -0.324. The number of halogens is 1. The van der Waals surface area contributed by atoms with Crippen molar-refractivity contribution in [2.24, 2.45) is 5.92 Å². The highest BCUT2D eigenvalue weighted by atomic mass is 19.1. The summed E-state index contributed by atoms with van der Waals surface area (Å²) in [5.41, 5.74) is 2.94.